The zero-order chi connectivity index (χ0) is 9.30. The molecule has 1 heterocycles. The third kappa shape index (κ3) is 1.19. The molecule has 0 saturated heterocycles. The van der Waals surface area contributed by atoms with Crippen LogP contribution in [0.15, 0.2) is 4.79 Å². The van der Waals surface area contributed by atoms with Gasteiger partial charge in [0.2, 0.25) is 5.95 Å². The first-order valence-electron chi connectivity index (χ1n) is 2.91. The zero-order valence-electron chi connectivity index (χ0n) is 5.87. The van der Waals surface area contributed by atoms with Crippen LogP contribution in [-0.2, 0) is 0 Å². The third-order valence-electron chi connectivity index (χ3n) is 1.18. The van der Waals surface area contributed by atoms with Crippen LogP contribution in [0, 0.1) is 0 Å². The lowest BCUT2D eigenvalue weighted by atomic mass is 10.3. The molecule has 0 radical (unpaired) electrons. The predicted molar refractivity (Wildman–Crippen MR) is 40.6 cm³/mol. The van der Waals surface area contributed by atoms with E-state index in [0.717, 1.165) is 0 Å². The number of nitrogen functional groups attached to an aromatic ring is 2. The fourth-order valence-electron chi connectivity index (χ4n) is 0.715. The molecule has 0 spiro atoms. The fraction of sp³-hybridized carbons (Fsp3) is 0. The highest BCUT2D eigenvalue weighted by molar-refractivity contribution is 5.92. The molecular weight excluding hydrogens is 164 g/mol. The van der Waals surface area contributed by atoms with Gasteiger partial charge < -0.3 is 16.6 Å². The van der Waals surface area contributed by atoms with Crippen molar-refractivity contribution >= 4 is 17.7 Å². The minimum absolute atomic E-state index is 0.206. The number of carboxylic acids is 1. The zero-order valence-corrected chi connectivity index (χ0v) is 5.87. The van der Waals surface area contributed by atoms with Crippen molar-refractivity contribution in [3.63, 3.8) is 0 Å². The van der Waals surface area contributed by atoms with Gasteiger partial charge in [-0.3, -0.25) is 9.78 Å². The van der Waals surface area contributed by atoms with Crippen LogP contribution in [0.1, 0.15) is 10.4 Å². The number of aromatic amines is 1. The molecule has 7 nitrogen and oxygen atoms in total. The maximum atomic E-state index is 10.9. The summed E-state index contributed by atoms with van der Waals surface area (Å²) in [4.78, 5) is 26.6. The monoisotopic (exact) mass is 170 g/mol. The largest absolute Gasteiger partial charge is 0.477 e. The van der Waals surface area contributed by atoms with Gasteiger partial charge in [-0.25, -0.2) is 4.79 Å². The Kier molecular flexibility index (Phi) is 1.70. The molecule has 0 amide bonds. The van der Waals surface area contributed by atoms with Crippen molar-refractivity contribution in [3.8, 4) is 0 Å². The Morgan fingerprint density at radius 2 is 2.08 bits per heavy atom. The molecule has 6 N–H and O–H groups in total. The first-order valence-corrected chi connectivity index (χ1v) is 2.91. The molecule has 0 aliphatic carbocycles. The molecule has 0 aromatic carbocycles. The summed E-state index contributed by atoms with van der Waals surface area (Å²) in [6.07, 6.45) is 0. The summed E-state index contributed by atoms with van der Waals surface area (Å²) < 4.78 is 0. The van der Waals surface area contributed by atoms with E-state index in [0.29, 0.717) is 0 Å². The van der Waals surface area contributed by atoms with E-state index in [1.54, 1.807) is 0 Å². The highest BCUT2D eigenvalue weighted by Gasteiger charge is 2.14. The number of aromatic carboxylic acids is 1. The summed E-state index contributed by atoms with van der Waals surface area (Å²) in [5, 5.41) is 8.46. The summed E-state index contributed by atoms with van der Waals surface area (Å²) in [5.41, 5.74) is 8.77. The van der Waals surface area contributed by atoms with Crippen LogP contribution in [0.2, 0.25) is 0 Å². The van der Waals surface area contributed by atoms with Crippen molar-refractivity contribution in [2.24, 2.45) is 0 Å². The summed E-state index contributed by atoms with van der Waals surface area (Å²) >= 11 is 0. The van der Waals surface area contributed by atoms with Gasteiger partial charge in [0.1, 0.15) is 5.82 Å². The lowest BCUT2D eigenvalue weighted by molar-refractivity contribution is 0.0696. The molecule has 0 unspecified atom stereocenters. The van der Waals surface area contributed by atoms with E-state index >= 15 is 0 Å². The van der Waals surface area contributed by atoms with Crippen LogP contribution in [0.4, 0.5) is 11.8 Å². The van der Waals surface area contributed by atoms with Crippen LogP contribution in [0.3, 0.4) is 0 Å². The molecule has 0 atom stereocenters. The van der Waals surface area contributed by atoms with Gasteiger partial charge in [0.15, 0.2) is 5.56 Å². The number of nitrogens with two attached hydrogens (primary N) is 2. The number of nitrogens with zero attached hydrogens (tertiary/aromatic N) is 1. The van der Waals surface area contributed by atoms with Crippen molar-refractivity contribution in [2.45, 2.75) is 0 Å². The quantitative estimate of drug-likeness (QED) is 0.410. The number of nitrogens with one attached hydrogen (secondary N) is 1. The fourth-order valence-corrected chi connectivity index (χ4v) is 0.715. The molecule has 0 aliphatic heterocycles. The smallest absolute Gasteiger partial charge is 0.345 e. The number of hydrogen-bond acceptors (Lipinski definition) is 5. The third-order valence-corrected chi connectivity index (χ3v) is 1.18. The summed E-state index contributed by atoms with van der Waals surface area (Å²) in [6.45, 7) is 0. The second-order valence-corrected chi connectivity index (χ2v) is 2.02. The minimum atomic E-state index is -1.43. The summed E-state index contributed by atoms with van der Waals surface area (Å²) in [7, 11) is 0. The van der Waals surface area contributed by atoms with Gasteiger partial charge >= 0.3 is 5.97 Å². The first kappa shape index (κ1) is 8.05. The minimum Gasteiger partial charge on any atom is -0.477 e. The van der Waals surface area contributed by atoms with Gasteiger partial charge in [-0.1, -0.05) is 0 Å². The Morgan fingerprint density at radius 1 is 1.50 bits per heavy atom. The van der Waals surface area contributed by atoms with Crippen LogP contribution >= 0.6 is 0 Å². The maximum Gasteiger partial charge on any atom is 0.345 e. The number of carboxylic acid groups (broad SMARTS) is 1. The van der Waals surface area contributed by atoms with Crippen molar-refractivity contribution in [3.05, 3.63) is 15.9 Å². The number of aromatic nitrogens is 2. The summed E-state index contributed by atoms with van der Waals surface area (Å²) in [5.74, 6) is -2.02. The first-order chi connectivity index (χ1) is 5.52. The molecule has 0 aliphatic rings. The molecule has 1 rings (SSSR count). The standard InChI is InChI=1S/C5H6N4O3/c6-2-1(4(11)12)3(10)9-5(7)8-2/h(H,11,12)(H5,6,7,8,9,10). The molecule has 12 heavy (non-hydrogen) atoms. The van der Waals surface area contributed by atoms with E-state index in [1.165, 1.54) is 0 Å². The molecular formula is C5H6N4O3. The van der Waals surface area contributed by atoms with E-state index in [2.05, 4.69) is 4.98 Å². The number of H-pyrrole nitrogens is 1. The molecule has 64 valence electrons. The second-order valence-electron chi connectivity index (χ2n) is 2.02. The lowest BCUT2D eigenvalue weighted by Gasteiger charge is -1.98. The molecule has 1 aromatic heterocycles. The number of anilines is 2. The van der Waals surface area contributed by atoms with Gasteiger partial charge in [0.05, 0.1) is 0 Å². The molecule has 0 fully saturated rings. The Hall–Kier alpha value is -2.05. The Morgan fingerprint density at radius 3 is 2.50 bits per heavy atom. The van der Waals surface area contributed by atoms with Crippen LogP contribution < -0.4 is 17.0 Å². The lowest BCUT2D eigenvalue weighted by Crippen LogP contribution is -2.22. The maximum absolute atomic E-state index is 10.9. The topological polar surface area (TPSA) is 135 Å². The van der Waals surface area contributed by atoms with E-state index in [4.69, 9.17) is 16.6 Å². The predicted octanol–water partition coefficient (Wildman–Crippen LogP) is -1.37. The van der Waals surface area contributed by atoms with Gasteiger partial charge in [0.25, 0.3) is 5.56 Å². The SMILES string of the molecule is Nc1nc(N)c(C(=O)O)c(=O)[nH]1. The van der Waals surface area contributed by atoms with Crippen molar-refractivity contribution in [1.82, 2.24) is 9.97 Å². The van der Waals surface area contributed by atoms with E-state index in [9.17, 15) is 9.59 Å². The van der Waals surface area contributed by atoms with Crippen molar-refractivity contribution in [1.29, 1.82) is 0 Å². The molecule has 7 heteroatoms. The van der Waals surface area contributed by atoms with E-state index < -0.39 is 17.1 Å². The summed E-state index contributed by atoms with van der Waals surface area (Å²) in [6, 6.07) is 0. The normalized spacial score (nSPS) is 9.67. The average Bonchev–Trinajstić information content (AvgIpc) is 1.82. The number of rotatable bonds is 1. The van der Waals surface area contributed by atoms with Crippen molar-refractivity contribution in [2.75, 3.05) is 11.5 Å². The number of hydrogen-bond donors (Lipinski definition) is 4. The van der Waals surface area contributed by atoms with Gasteiger partial charge in [-0.2, -0.15) is 4.98 Å². The Bertz CT molecular complexity index is 383. The van der Waals surface area contributed by atoms with Gasteiger partial charge in [-0.15, -0.1) is 0 Å². The van der Waals surface area contributed by atoms with Crippen LogP contribution in [0.25, 0.3) is 0 Å². The van der Waals surface area contributed by atoms with Gasteiger partial charge in [-0.05, 0) is 0 Å². The average molecular weight is 170 g/mol. The second kappa shape index (κ2) is 2.53. The highest BCUT2D eigenvalue weighted by atomic mass is 16.4. The van der Waals surface area contributed by atoms with Gasteiger partial charge in [0, 0.05) is 0 Å². The van der Waals surface area contributed by atoms with E-state index in [-0.39, 0.29) is 11.8 Å². The Labute approximate surface area is 66.0 Å². The Balaban J connectivity index is 3.49. The molecule has 1 aromatic rings. The highest BCUT2D eigenvalue weighted by Crippen LogP contribution is 2.02. The van der Waals surface area contributed by atoms with Crippen LogP contribution in [0.5, 0.6) is 0 Å². The number of carbonyl (C=O) groups is 1. The van der Waals surface area contributed by atoms with Crippen LogP contribution in [-0.4, -0.2) is 21.0 Å². The molecule has 0 bridgehead atoms. The molecule has 0 saturated carbocycles. The van der Waals surface area contributed by atoms with E-state index in [1.807, 2.05) is 4.98 Å². The van der Waals surface area contributed by atoms with Crippen molar-refractivity contribution < 1.29 is 9.90 Å².